The Balaban J connectivity index is 0.00000259. The third kappa shape index (κ3) is 10.2. The number of amides is 1. The van der Waals surface area contributed by atoms with Crippen molar-refractivity contribution in [2.45, 2.75) is 25.1 Å². The Morgan fingerprint density at radius 3 is 1.93 bits per heavy atom. The second kappa shape index (κ2) is 17.4. The van der Waals surface area contributed by atoms with E-state index in [-0.39, 0.29) is 23.4 Å². The topological polar surface area (TPSA) is 32.8 Å². The smallest absolute Gasteiger partial charge is 0.417 e. The average molecular weight is 737 g/mol. The summed E-state index contributed by atoms with van der Waals surface area (Å²) in [4.78, 5) is 17.8. The lowest BCUT2D eigenvalue weighted by atomic mass is 9.90. The fourth-order valence-corrected chi connectivity index (χ4v) is 5.15. The summed E-state index contributed by atoms with van der Waals surface area (Å²) in [6.07, 6.45) is -3.90. The van der Waals surface area contributed by atoms with Crippen LogP contribution in [0.1, 0.15) is 45.0 Å². The number of carbonyl (C=O) groups is 1. The molecule has 4 aromatic carbocycles. The second-order valence-corrected chi connectivity index (χ2v) is 10.7. The molecule has 0 aliphatic heterocycles. The van der Waals surface area contributed by atoms with Gasteiger partial charge in [0.25, 0.3) is 5.91 Å². The molecule has 0 aliphatic carbocycles. The summed E-state index contributed by atoms with van der Waals surface area (Å²) in [6.45, 7) is 1.79. The van der Waals surface area contributed by atoms with Crippen molar-refractivity contribution in [1.82, 2.24) is 9.80 Å². The molecule has 0 aromatic heterocycles. The lowest BCUT2D eigenvalue weighted by molar-refractivity contribution is -0.137. The van der Waals surface area contributed by atoms with Gasteiger partial charge >= 0.3 is 6.18 Å². The number of hydrogen-bond donors (Lipinski definition) is 0. The predicted molar refractivity (Wildman–Crippen MR) is 181 cm³/mol. The van der Waals surface area contributed by atoms with Crippen LogP contribution in [0, 0.1) is 0 Å². The van der Waals surface area contributed by atoms with Gasteiger partial charge in [-0.1, -0.05) is 107 Å². The van der Waals surface area contributed by atoms with E-state index >= 15 is 0 Å². The van der Waals surface area contributed by atoms with E-state index in [4.69, 9.17) is 16.3 Å². The molecule has 4 nitrogen and oxygen atoms in total. The van der Waals surface area contributed by atoms with Crippen LogP contribution in [-0.4, -0.2) is 54.4 Å². The quantitative estimate of drug-likeness (QED) is 0.0827. The number of hydrogen-bond acceptors (Lipinski definition) is 3. The van der Waals surface area contributed by atoms with Crippen molar-refractivity contribution in [2.24, 2.45) is 0 Å². The standard InChI is InChI=1S/C34H34ClF3N2O2.CH3I/c1-39(2)33(41)27-17-19-29(20-18-27)42-22-10-21-40(23-28-15-9-16-31(32(28)35)34(36,37)38)24-30(25-11-5-3-6-12-25)26-13-7-4-8-14-26;1-2/h3-9,11-20,30H,10,21-24H2,1-2H3;1H3. The average Bonchev–Trinajstić information content (AvgIpc) is 3.03. The van der Waals surface area contributed by atoms with Crippen LogP contribution in [0.15, 0.2) is 103 Å². The maximum absolute atomic E-state index is 13.6. The van der Waals surface area contributed by atoms with Crippen molar-refractivity contribution >= 4 is 40.1 Å². The van der Waals surface area contributed by atoms with Crippen molar-refractivity contribution in [3.8, 4) is 5.75 Å². The number of ether oxygens (including phenoxy) is 1. The Morgan fingerprint density at radius 1 is 0.841 bits per heavy atom. The van der Waals surface area contributed by atoms with E-state index in [1.165, 1.54) is 11.0 Å². The van der Waals surface area contributed by atoms with Crippen LogP contribution in [0.25, 0.3) is 0 Å². The third-order valence-corrected chi connectivity index (χ3v) is 7.46. The zero-order valence-electron chi connectivity index (χ0n) is 25.0. The highest BCUT2D eigenvalue weighted by atomic mass is 127. The van der Waals surface area contributed by atoms with Crippen LogP contribution < -0.4 is 4.74 Å². The van der Waals surface area contributed by atoms with Crippen molar-refractivity contribution in [3.05, 3.63) is 136 Å². The highest BCUT2D eigenvalue weighted by Crippen LogP contribution is 2.37. The van der Waals surface area contributed by atoms with Crippen molar-refractivity contribution < 1.29 is 22.7 Å². The lowest BCUT2D eigenvalue weighted by Crippen LogP contribution is -2.31. The molecule has 0 aliphatic rings. The van der Waals surface area contributed by atoms with Crippen LogP contribution in [0.5, 0.6) is 5.75 Å². The van der Waals surface area contributed by atoms with Gasteiger partial charge in [0.2, 0.25) is 0 Å². The van der Waals surface area contributed by atoms with E-state index in [1.54, 1.807) is 44.4 Å². The van der Waals surface area contributed by atoms with Gasteiger partial charge in [-0.3, -0.25) is 9.69 Å². The van der Waals surface area contributed by atoms with Crippen molar-refractivity contribution in [1.29, 1.82) is 0 Å². The molecule has 0 atom stereocenters. The van der Waals surface area contributed by atoms with Crippen molar-refractivity contribution in [2.75, 3.05) is 38.7 Å². The normalized spacial score (nSPS) is 11.2. The first-order valence-corrected chi connectivity index (χ1v) is 16.7. The Hall–Kier alpha value is -3.08. The van der Waals surface area contributed by atoms with Gasteiger partial charge in [-0.2, -0.15) is 13.2 Å². The molecule has 9 heteroatoms. The molecule has 44 heavy (non-hydrogen) atoms. The first kappa shape index (κ1) is 35.4. The molecule has 1 amide bonds. The molecular formula is C35H37ClF3IN2O2. The lowest BCUT2D eigenvalue weighted by Gasteiger charge is -2.29. The summed E-state index contributed by atoms with van der Waals surface area (Å²) >= 11 is 8.46. The molecule has 0 spiro atoms. The molecule has 0 fully saturated rings. The minimum atomic E-state index is -4.53. The van der Waals surface area contributed by atoms with Gasteiger partial charge in [0.1, 0.15) is 5.75 Å². The minimum Gasteiger partial charge on any atom is -0.494 e. The van der Waals surface area contributed by atoms with Gasteiger partial charge in [-0.05, 0) is 58.4 Å². The summed E-state index contributed by atoms with van der Waals surface area (Å²) in [5.74, 6) is 0.556. The van der Waals surface area contributed by atoms with Crippen LogP contribution in [-0.2, 0) is 12.7 Å². The van der Waals surface area contributed by atoms with E-state index in [1.807, 2.05) is 41.3 Å². The second-order valence-electron chi connectivity index (χ2n) is 10.3. The maximum Gasteiger partial charge on any atom is 0.417 e. The summed E-state index contributed by atoms with van der Waals surface area (Å²) in [5.41, 5.74) is 2.40. The number of carbonyl (C=O) groups excluding carboxylic acids is 1. The van der Waals surface area contributed by atoms with Gasteiger partial charge in [-0.25, -0.2) is 0 Å². The molecule has 0 N–H and O–H groups in total. The van der Waals surface area contributed by atoms with Gasteiger partial charge < -0.3 is 9.64 Å². The van der Waals surface area contributed by atoms with E-state index in [0.29, 0.717) is 43.0 Å². The molecule has 4 rings (SSSR count). The minimum absolute atomic E-state index is 0.000305. The number of halogens is 5. The molecular weight excluding hydrogens is 700 g/mol. The van der Waals surface area contributed by atoms with Gasteiger partial charge in [0, 0.05) is 45.2 Å². The van der Waals surface area contributed by atoms with Crippen LogP contribution >= 0.6 is 34.2 Å². The van der Waals surface area contributed by atoms with E-state index in [0.717, 1.165) is 17.2 Å². The molecule has 0 bridgehead atoms. The molecule has 0 heterocycles. The van der Waals surface area contributed by atoms with Crippen molar-refractivity contribution in [3.63, 3.8) is 0 Å². The first-order valence-electron chi connectivity index (χ1n) is 14.1. The van der Waals surface area contributed by atoms with E-state index in [9.17, 15) is 18.0 Å². The number of nitrogens with zero attached hydrogens (tertiary/aromatic N) is 2. The van der Waals surface area contributed by atoms with Crippen LogP contribution in [0.4, 0.5) is 13.2 Å². The number of rotatable bonds is 12. The molecule has 0 saturated carbocycles. The Kier molecular flexibility index (Phi) is 14.0. The number of benzene rings is 4. The molecule has 0 unspecified atom stereocenters. The third-order valence-electron chi connectivity index (χ3n) is 7.02. The number of alkyl halides is 4. The molecule has 4 aromatic rings. The zero-order valence-corrected chi connectivity index (χ0v) is 27.9. The highest BCUT2D eigenvalue weighted by Gasteiger charge is 2.34. The molecule has 0 saturated heterocycles. The van der Waals surface area contributed by atoms with Crippen LogP contribution in [0.2, 0.25) is 5.02 Å². The molecule has 234 valence electrons. The SMILES string of the molecule is CI.CN(C)C(=O)c1ccc(OCCCN(Cc2cccc(C(F)(F)F)c2Cl)CC(c2ccccc2)c2ccccc2)cc1. The predicted octanol–water partition coefficient (Wildman–Crippen LogP) is 9.22. The highest BCUT2D eigenvalue weighted by molar-refractivity contribution is 14.1. The van der Waals surface area contributed by atoms with Gasteiger partial charge in [-0.15, -0.1) is 0 Å². The Morgan fingerprint density at radius 2 is 1.41 bits per heavy atom. The largest absolute Gasteiger partial charge is 0.494 e. The van der Waals surface area contributed by atoms with E-state index < -0.39 is 11.7 Å². The van der Waals surface area contributed by atoms with Gasteiger partial charge in [0.05, 0.1) is 17.2 Å². The maximum atomic E-state index is 13.6. The summed E-state index contributed by atoms with van der Waals surface area (Å²) in [5, 5.41) is -0.269. The van der Waals surface area contributed by atoms with Gasteiger partial charge in [0.15, 0.2) is 0 Å². The summed E-state index contributed by atoms with van der Waals surface area (Å²) in [7, 11) is 3.40. The molecule has 0 radical (unpaired) electrons. The fourth-order valence-electron chi connectivity index (χ4n) is 4.86. The Labute approximate surface area is 276 Å². The van der Waals surface area contributed by atoms with Crippen LogP contribution in [0.3, 0.4) is 0 Å². The summed E-state index contributed by atoms with van der Waals surface area (Å²) in [6, 6.07) is 31.2. The zero-order chi connectivity index (χ0) is 32.1. The monoisotopic (exact) mass is 736 g/mol. The Bertz CT molecular complexity index is 1400. The summed E-state index contributed by atoms with van der Waals surface area (Å²) < 4.78 is 46.7. The first-order chi connectivity index (χ1) is 21.1. The fraction of sp³-hybridized carbons (Fsp3) is 0.286. The van der Waals surface area contributed by atoms with E-state index in [2.05, 4.69) is 51.8 Å².